The van der Waals surface area contributed by atoms with Crippen LogP contribution in [0.3, 0.4) is 0 Å². The van der Waals surface area contributed by atoms with E-state index in [2.05, 4.69) is 5.32 Å². The molecule has 2 amide bonds. The second-order valence-corrected chi connectivity index (χ2v) is 8.62. The lowest BCUT2D eigenvalue weighted by Crippen LogP contribution is -2.66. The van der Waals surface area contributed by atoms with Gasteiger partial charge in [0.05, 0.1) is 11.5 Å². The molecule has 0 radical (unpaired) electrons. The van der Waals surface area contributed by atoms with E-state index in [0.717, 1.165) is 0 Å². The summed E-state index contributed by atoms with van der Waals surface area (Å²) in [5.74, 6) is 0.639. The van der Waals surface area contributed by atoms with Crippen LogP contribution >= 0.6 is 0 Å². The molecule has 1 heterocycles. The fraction of sp³-hybridized carbons (Fsp3) is 0.588. The van der Waals surface area contributed by atoms with Crippen molar-refractivity contribution in [1.29, 1.82) is 0 Å². The van der Waals surface area contributed by atoms with Crippen LogP contribution in [0.25, 0.3) is 0 Å². The number of nitrogens with zero attached hydrogens (tertiary/aromatic N) is 1. The summed E-state index contributed by atoms with van der Waals surface area (Å²) >= 11 is 0. The van der Waals surface area contributed by atoms with Gasteiger partial charge in [-0.1, -0.05) is 24.6 Å². The molecule has 1 aromatic carbocycles. The number of carbonyl (C=O) groups is 1. The first-order valence-electron chi connectivity index (χ1n) is 8.48. The fourth-order valence-corrected chi connectivity index (χ4v) is 4.62. The van der Waals surface area contributed by atoms with Crippen molar-refractivity contribution in [3.8, 4) is 0 Å². The van der Waals surface area contributed by atoms with Crippen LogP contribution in [0, 0.1) is 11.3 Å². The Bertz CT molecular complexity index is 740. The Morgan fingerprint density at radius 2 is 2.04 bits per heavy atom. The quantitative estimate of drug-likeness (QED) is 0.791. The van der Waals surface area contributed by atoms with Crippen molar-refractivity contribution in [2.45, 2.75) is 30.7 Å². The van der Waals surface area contributed by atoms with Gasteiger partial charge in [-0.15, -0.1) is 0 Å². The van der Waals surface area contributed by atoms with Crippen molar-refractivity contribution in [3.63, 3.8) is 0 Å². The molecule has 1 saturated heterocycles. The minimum atomic E-state index is -3.81. The highest BCUT2D eigenvalue weighted by molar-refractivity contribution is 7.89. The van der Waals surface area contributed by atoms with Crippen LogP contribution in [0.5, 0.6) is 0 Å². The second-order valence-electron chi connectivity index (χ2n) is 7.09. The molecule has 0 spiro atoms. The van der Waals surface area contributed by atoms with Gasteiger partial charge in [-0.2, -0.15) is 0 Å². The Kier molecular flexibility index (Phi) is 5.04. The average Bonchev–Trinajstić information content (AvgIpc) is 2.47. The van der Waals surface area contributed by atoms with Crippen LogP contribution in [0.2, 0.25) is 0 Å². The number of carbonyl (C=O) groups excluding carboxylic acids is 1. The molecule has 25 heavy (non-hydrogen) atoms. The Morgan fingerprint density at radius 1 is 1.36 bits per heavy atom. The smallest absolute Gasteiger partial charge is 0.317 e. The molecule has 0 aromatic heterocycles. The maximum absolute atomic E-state index is 12.4. The minimum Gasteiger partial charge on any atom is -0.384 e. The highest BCUT2D eigenvalue weighted by Crippen LogP contribution is 2.48. The molecule has 1 aromatic rings. The van der Waals surface area contributed by atoms with Gasteiger partial charge < -0.3 is 15.0 Å². The lowest BCUT2D eigenvalue weighted by Gasteiger charge is -2.56. The lowest BCUT2D eigenvalue weighted by atomic mass is 9.61. The Labute approximate surface area is 148 Å². The van der Waals surface area contributed by atoms with Crippen molar-refractivity contribution in [2.75, 3.05) is 26.8 Å². The number of ether oxygens (including phenoxy) is 1. The summed E-state index contributed by atoms with van der Waals surface area (Å²) < 4.78 is 28.6. The number of benzene rings is 1. The summed E-state index contributed by atoms with van der Waals surface area (Å²) in [6, 6.07) is 6.24. The van der Waals surface area contributed by atoms with Crippen LogP contribution in [0.15, 0.2) is 29.2 Å². The molecule has 8 heteroatoms. The number of hydrogen-bond donors (Lipinski definition) is 2. The largest absolute Gasteiger partial charge is 0.384 e. The summed E-state index contributed by atoms with van der Waals surface area (Å²) in [4.78, 5) is 14.2. The molecule has 3 rings (SSSR count). The topological polar surface area (TPSA) is 102 Å². The maximum Gasteiger partial charge on any atom is 0.317 e. The highest BCUT2D eigenvalue weighted by atomic mass is 32.2. The van der Waals surface area contributed by atoms with Crippen LogP contribution in [0.1, 0.15) is 24.8 Å². The van der Waals surface area contributed by atoms with Crippen LogP contribution < -0.4 is 10.5 Å². The third-order valence-corrected chi connectivity index (χ3v) is 6.42. The van der Waals surface area contributed by atoms with Crippen molar-refractivity contribution in [2.24, 2.45) is 16.5 Å². The summed E-state index contributed by atoms with van der Waals surface area (Å²) in [5.41, 5.74) is 0.573. The van der Waals surface area contributed by atoms with Gasteiger partial charge in [0.2, 0.25) is 10.0 Å². The van der Waals surface area contributed by atoms with E-state index in [1.807, 2.05) is 0 Å². The number of amides is 2. The molecule has 138 valence electrons. The van der Waals surface area contributed by atoms with Gasteiger partial charge in [-0.3, -0.25) is 0 Å². The van der Waals surface area contributed by atoms with Gasteiger partial charge in [0.1, 0.15) is 0 Å². The van der Waals surface area contributed by atoms with E-state index in [4.69, 9.17) is 9.88 Å². The predicted octanol–water partition coefficient (Wildman–Crippen LogP) is 1.29. The molecule has 2 fully saturated rings. The number of primary sulfonamides is 1. The fourth-order valence-electron chi connectivity index (χ4n) is 3.84. The van der Waals surface area contributed by atoms with Crippen LogP contribution in [-0.4, -0.2) is 46.2 Å². The molecule has 3 N–H and O–H groups in total. The number of rotatable bonds is 6. The van der Waals surface area contributed by atoms with Crippen molar-refractivity contribution in [3.05, 3.63) is 29.8 Å². The zero-order valence-corrected chi connectivity index (χ0v) is 15.2. The van der Waals surface area contributed by atoms with Gasteiger partial charge in [-0.05, 0) is 30.4 Å². The number of likely N-dealkylation sites (tertiary alicyclic amines) is 1. The number of urea groups is 1. The third-order valence-electron chi connectivity index (χ3n) is 5.41. The zero-order valence-electron chi connectivity index (χ0n) is 14.4. The van der Waals surface area contributed by atoms with Crippen LogP contribution in [0.4, 0.5) is 4.79 Å². The number of nitrogens with one attached hydrogen (secondary N) is 1. The molecule has 0 bridgehead atoms. The predicted molar refractivity (Wildman–Crippen MR) is 93.3 cm³/mol. The van der Waals surface area contributed by atoms with Crippen molar-refractivity contribution >= 4 is 16.1 Å². The average molecular weight is 367 g/mol. The first-order chi connectivity index (χ1) is 11.9. The number of methoxy groups -OCH3 is 1. The van der Waals surface area contributed by atoms with E-state index >= 15 is 0 Å². The standard InChI is InChI=1S/C17H25N3O4S/c1-24-12-17(14-6-4-7-14)10-20(11-17)16(21)19-9-13-5-2-3-8-15(13)25(18,22)23/h2-3,5,8,14H,4,6-7,9-12H2,1H3,(H,19,21)(H2,18,22,23). The van der Waals surface area contributed by atoms with Crippen molar-refractivity contribution in [1.82, 2.24) is 10.2 Å². The van der Waals surface area contributed by atoms with Gasteiger partial charge in [0, 0.05) is 32.2 Å². The van der Waals surface area contributed by atoms with E-state index in [-0.39, 0.29) is 22.9 Å². The monoisotopic (exact) mass is 367 g/mol. The van der Waals surface area contributed by atoms with E-state index in [1.54, 1.807) is 30.2 Å². The molecule has 1 saturated carbocycles. The highest BCUT2D eigenvalue weighted by Gasteiger charge is 2.52. The Morgan fingerprint density at radius 3 is 2.60 bits per heavy atom. The van der Waals surface area contributed by atoms with Gasteiger partial charge in [-0.25, -0.2) is 18.4 Å². The lowest BCUT2D eigenvalue weighted by molar-refractivity contribution is -0.0939. The van der Waals surface area contributed by atoms with Gasteiger partial charge in [0.25, 0.3) is 0 Å². The summed E-state index contributed by atoms with van der Waals surface area (Å²) in [7, 11) is -2.11. The normalized spacial score (nSPS) is 19.8. The van der Waals surface area contributed by atoms with Crippen LogP contribution in [-0.2, 0) is 21.3 Å². The first-order valence-corrected chi connectivity index (χ1v) is 10.0. The van der Waals surface area contributed by atoms with Crippen molar-refractivity contribution < 1.29 is 17.9 Å². The Hall–Kier alpha value is -1.64. The molecule has 1 aliphatic carbocycles. The van der Waals surface area contributed by atoms with E-state index in [0.29, 0.717) is 31.2 Å². The van der Waals surface area contributed by atoms with Gasteiger partial charge >= 0.3 is 6.03 Å². The Balaban J connectivity index is 1.58. The summed E-state index contributed by atoms with van der Waals surface area (Å²) in [6.07, 6.45) is 3.67. The maximum atomic E-state index is 12.4. The SMILES string of the molecule is COCC1(C2CCC2)CN(C(=O)NCc2ccccc2S(N)(=O)=O)C1. The second kappa shape index (κ2) is 6.93. The summed E-state index contributed by atoms with van der Waals surface area (Å²) in [6.45, 7) is 2.18. The molecule has 2 aliphatic rings. The molecule has 0 atom stereocenters. The zero-order chi connectivity index (χ0) is 18.1. The molecular weight excluding hydrogens is 342 g/mol. The minimum absolute atomic E-state index is 0.0436. The van der Waals surface area contributed by atoms with Gasteiger partial charge in [0.15, 0.2) is 0 Å². The van der Waals surface area contributed by atoms with E-state index in [1.165, 1.54) is 25.3 Å². The molecular formula is C17H25N3O4S. The number of hydrogen-bond acceptors (Lipinski definition) is 4. The van der Waals surface area contributed by atoms with E-state index in [9.17, 15) is 13.2 Å². The van der Waals surface area contributed by atoms with E-state index < -0.39 is 10.0 Å². The number of sulfonamides is 1. The third kappa shape index (κ3) is 3.65. The molecule has 1 aliphatic heterocycles. The molecule has 7 nitrogen and oxygen atoms in total. The number of nitrogens with two attached hydrogens (primary N) is 1. The molecule has 0 unspecified atom stereocenters. The first kappa shape index (κ1) is 18.2. The summed E-state index contributed by atoms with van der Waals surface area (Å²) in [5, 5.41) is 8.01.